The summed E-state index contributed by atoms with van der Waals surface area (Å²) in [6, 6.07) is 13.2. The fourth-order valence-electron chi connectivity index (χ4n) is 3.49. The molecule has 1 unspecified atom stereocenters. The van der Waals surface area contributed by atoms with Crippen LogP contribution in [0.3, 0.4) is 0 Å². The maximum atomic E-state index is 14.2. The number of hydrogen-bond acceptors (Lipinski definition) is 4. The number of nitrogens with zero attached hydrogens (tertiary/aromatic N) is 1. The second kappa shape index (κ2) is 9.26. The molecule has 6 nitrogen and oxygen atoms in total. The minimum Gasteiger partial charge on any atom is -0.444 e. The lowest BCUT2D eigenvalue weighted by atomic mass is 10.0. The summed E-state index contributed by atoms with van der Waals surface area (Å²) < 4.78 is 19.3. The zero-order valence-electron chi connectivity index (χ0n) is 17.6. The van der Waals surface area contributed by atoms with E-state index < -0.39 is 23.6 Å². The Morgan fingerprint density at radius 3 is 2.33 bits per heavy atom. The first-order valence-corrected chi connectivity index (χ1v) is 10.1. The fraction of sp³-hybridized carbons (Fsp3) is 0.391. The molecular weight excluding hydrogens is 385 g/mol. The highest BCUT2D eigenvalue weighted by Gasteiger charge is 2.29. The van der Waals surface area contributed by atoms with Crippen molar-refractivity contribution in [3.8, 4) is 0 Å². The van der Waals surface area contributed by atoms with Crippen LogP contribution in [-0.2, 0) is 9.53 Å². The van der Waals surface area contributed by atoms with Gasteiger partial charge in [0.25, 0.3) is 0 Å². The number of carbonyl (C=O) groups excluding carboxylic acids is 2. The molecule has 0 bridgehead atoms. The van der Waals surface area contributed by atoms with E-state index in [0.29, 0.717) is 5.69 Å². The first-order chi connectivity index (χ1) is 14.2. The normalized spacial score (nSPS) is 15.5. The van der Waals surface area contributed by atoms with Gasteiger partial charge in [0.1, 0.15) is 17.5 Å². The number of carbonyl (C=O) groups is 2. The summed E-state index contributed by atoms with van der Waals surface area (Å²) in [4.78, 5) is 27.3. The Balaban J connectivity index is 1.77. The number of benzene rings is 2. The number of nitrogens with one attached hydrogen (secondary N) is 2. The number of anilines is 2. The van der Waals surface area contributed by atoms with E-state index in [4.69, 9.17) is 4.74 Å². The second-order valence-electron chi connectivity index (χ2n) is 8.37. The lowest BCUT2D eigenvalue weighted by Gasteiger charge is -2.27. The second-order valence-corrected chi connectivity index (χ2v) is 8.37. The van der Waals surface area contributed by atoms with Gasteiger partial charge in [-0.1, -0.05) is 30.3 Å². The van der Waals surface area contributed by atoms with Gasteiger partial charge < -0.3 is 10.1 Å². The fourth-order valence-corrected chi connectivity index (χ4v) is 3.49. The van der Waals surface area contributed by atoms with Crippen LogP contribution in [0.25, 0.3) is 0 Å². The Bertz CT molecular complexity index is 890. The lowest BCUT2D eigenvalue weighted by Crippen LogP contribution is -2.35. The summed E-state index contributed by atoms with van der Waals surface area (Å²) in [6.45, 7) is 6.87. The lowest BCUT2D eigenvalue weighted by molar-refractivity contribution is -0.121. The van der Waals surface area contributed by atoms with E-state index in [-0.39, 0.29) is 11.6 Å². The van der Waals surface area contributed by atoms with Crippen molar-refractivity contribution < 1.29 is 18.7 Å². The number of hydrogen-bond donors (Lipinski definition) is 2. The predicted molar refractivity (Wildman–Crippen MR) is 115 cm³/mol. The summed E-state index contributed by atoms with van der Waals surface area (Å²) in [7, 11) is 0. The van der Waals surface area contributed by atoms with Crippen LogP contribution in [0, 0.1) is 5.82 Å². The van der Waals surface area contributed by atoms with Gasteiger partial charge in [-0.25, -0.2) is 9.18 Å². The molecule has 1 aliphatic rings. The molecule has 2 aromatic rings. The quantitative estimate of drug-likeness (QED) is 0.728. The monoisotopic (exact) mass is 413 g/mol. The van der Waals surface area contributed by atoms with Gasteiger partial charge in [0, 0.05) is 5.69 Å². The summed E-state index contributed by atoms with van der Waals surface area (Å²) in [5.41, 5.74) is 0.545. The van der Waals surface area contributed by atoms with Crippen molar-refractivity contribution in [2.75, 3.05) is 23.7 Å². The van der Waals surface area contributed by atoms with Crippen LogP contribution in [-0.4, -0.2) is 35.6 Å². The van der Waals surface area contributed by atoms with Crippen molar-refractivity contribution in [1.29, 1.82) is 0 Å². The molecule has 0 saturated carbocycles. The molecule has 2 aromatic carbocycles. The van der Waals surface area contributed by atoms with Gasteiger partial charge in [0.2, 0.25) is 5.91 Å². The van der Waals surface area contributed by atoms with Crippen LogP contribution >= 0.6 is 0 Å². The Labute approximate surface area is 176 Å². The molecule has 1 aliphatic heterocycles. The highest BCUT2D eigenvalue weighted by Crippen LogP contribution is 2.28. The van der Waals surface area contributed by atoms with Gasteiger partial charge in [-0.05, 0) is 70.5 Å². The Morgan fingerprint density at radius 2 is 1.70 bits per heavy atom. The Kier molecular flexibility index (Phi) is 6.72. The van der Waals surface area contributed by atoms with Crippen molar-refractivity contribution in [3.05, 3.63) is 59.9 Å². The number of amides is 2. The Morgan fingerprint density at radius 1 is 1.03 bits per heavy atom. The van der Waals surface area contributed by atoms with Crippen molar-refractivity contribution in [2.45, 2.75) is 45.3 Å². The van der Waals surface area contributed by atoms with E-state index in [1.54, 1.807) is 20.8 Å². The van der Waals surface area contributed by atoms with Crippen molar-refractivity contribution in [2.24, 2.45) is 0 Å². The van der Waals surface area contributed by atoms with Crippen LogP contribution in [0.4, 0.5) is 20.6 Å². The van der Waals surface area contributed by atoms with Crippen LogP contribution in [0.2, 0.25) is 0 Å². The molecule has 1 saturated heterocycles. The molecule has 0 radical (unpaired) electrons. The van der Waals surface area contributed by atoms with Gasteiger partial charge in [0.05, 0.1) is 5.69 Å². The first-order valence-electron chi connectivity index (χ1n) is 10.1. The van der Waals surface area contributed by atoms with E-state index in [0.717, 1.165) is 31.5 Å². The van der Waals surface area contributed by atoms with Gasteiger partial charge in [-0.15, -0.1) is 0 Å². The molecule has 0 aromatic heterocycles. The standard InChI is InChI=1S/C23H28FN3O3/c1-23(2,3)30-22(29)26-19-15-17(11-12-18(19)24)25-21(28)20(27-13-7-8-14-27)16-9-5-4-6-10-16/h4-6,9-12,15,20H,7-8,13-14H2,1-3H3,(H,25,28)(H,26,29). The van der Waals surface area contributed by atoms with E-state index in [1.165, 1.54) is 18.2 Å². The van der Waals surface area contributed by atoms with E-state index in [9.17, 15) is 14.0 Å². The topological polar surface area (TPSA) is 70.7 Å². The molecule has 7 heteroatoms. The van der Waals surface area contributed by atoms with E-state index in [1.807, 2.05) is 30.3 Å². The smallest absolute Gasteiger partial charge is 0.412 e. The predicted octanol–water partition coefficient (Wildman–Crippen LogP) is 4.95. The molecule has 160 valence electrons. The highest BCUT2D eigenvalue weighted by atomic mass is 19.1. The van der Waals surface area contributed by atoms with Crippen LogP contribution < -0.4 is 10.6 Å². The number of ether oxygens (including phenoxy) is 1. The third kappa shape index (κ3) is 5.79. The summed E-state index contributed by atoms with van der Waals surface area (Å²) >= 11 is 0. The molecular formula is C23H28FN3O3. The zero-order valence-corrected chi connectivity index (χ0v) is 17.6. The molecule has 2 N–H and O–H groups in total. The maximum absolute atomic E-state index is 14.2. The van der Waals surface area contributed by atoms with E-state index in [2.05, 4.69) is 15.5 Å². The minimum atomic E-state index is -0.760. The summed E-state index contributed by atoms with van der Waals surface area (Å²) in [6.07, 6.45) is 1.35. The average molecular weight is 413 g/mol. The van der Waals surface area contributed by atoms with Gasteiger partial charge in [-0.3, -0.25) is 15.0 Å². The summed E-state index contributed by atoms with van der Waals surface area (Å²) in [5, 5.41) is 5.27. The van der Waals surface area contributed by atoms with Crippen LogP contribution in [0.1, 0.15) is 45.2 Å². The van der Waals surface area contributed by atoms with E-state index >= 15 is 0 Å². The van der Waals surface area contributed by atoms with Crippen LogP contribution in [0.15, 0.2) is 48.5 Å². The largest absolute Gasteiger partial charge is 0.444 e. The van der Waals surface area contributed by atoms with Crippen molar-refractivity contribution in [3.63, 3.8) is 0 Å². The van der Waals surface area contributed by atoms with Crippen molar-refractivity contribution in [1.82, 2.24) is 4.90 Å². The minimum absolute atomic E-state index is 0.0560. The number of likely N-dealkylation sites (tertiary alicyclic amines) is 1. The molecule has 3 rings (SSSR count). The number of rotatable bonds is 5. The van der Waals surface area contributed by atoms with Crippen LogP contribution in [0.5, 0.6) is 0 Å². The molecule has 1 fully saturated rings. The van der Waals surface area contributed by atoms with Gasteiger partial charge >= 0.3 is 6.09 Å². The molecule has 0 aliphatic carbocycles. The zero-order chi connectivity index (χ0) is 21.7. The molecule has 30 heavy (non-hydrogen) atoms. The van der Waals surface area contributed by atoms with Gasteiger partial charge in [0.15, 0.2) is 0 Å². The molecule has 1 heterocycles. The van der Waals surface area contributed by atoms with Crippen molar-refractivity contribution >= 4 is 23.4 Å². The highest BCUT2D eigenvalue weighted by molar-refractivity contribution is 5.96. The average Bonchev–Trinajstić information content (AvgIpc) is 3.18. The SMILES string of the molecule is CC(C)(C)OC(=O)Nc1cc(NC(=O)C(c2ccccc2)N2CCCC2)ccc1F. The maximum Gasteiger partial charge on any atom is 0.412 e. The summed E-state index contributed by atoms with van der Waals surface area (Å²) in [5.74, 6) is -0.809. The third-order valence-electron chi connectivity index (χ3n) is 4.74. The molecule has 1 atom stereocenters. The molecule has 0 spiro atoms. The Hall–Kier alpha value is -2.93. The third-order valence-corrected chi connectivity index (χ3v) is 4.74. The first kappa shape index (κ1) is 21.8. The molecule has 2 amide bonds. The number of halogens is 1. The van der Waals surface area contributed by atoms with Gasteiger partial charge in [-0.2, -0.15) is 0 Å².